The first-order valence-electron chi connectivity index (χ1n) is 8.71. The fourth-order valence-corrected chi connectivity index (χ4v) is 3.50. The van der Waals surface area contributed by atoms with Crippen LogP contribution in [-0.2, 0) is 19.4 Å². The smallest absolute Gasteiger partial charge is 0.286 e. The Bertz CT molecular complexity index is 955. The molecule has 26 heavy (non-hydrogen) atoms. The molecular weight excluding hydrogens is 330 g/mol. The summed E-state index contributed by atoms with van der Waals surface area (Å²) in [5.41, 5.74) is 3.72. The predicted octanol–water partition coefficient (Wildman–Crippen LogP) is 3.05. The zero-order valence-corrected chi connectivity index (χ0v) is 14.9. The number of hydrogen-bond donors (Lipinski definition) is 1. The van der Waals surface area contributed by atoms with Crippen molar-refractivity contribution in [1.29, 1.82) is 0 Å². The first-order chi connectivity index (χ1) is 12.7. The van der Waals surface area contributed by atoms with Crippen LogP contribution in [0.5, 0.6) is 5.75 Å². The van der Waals surface area contributed by atoms with E-state index in [1.807, 2.05) is 16.8 Å². The molecular formula is C20H21N3O3. The Kier molecular flexibility index (Phi) is 4.24. The molecule has 1 aliphatic rings. The molecule has 0 saturated carbocycles. The first-order valence-corrected chi connectivity index (χ1v) is 8.71. The molecule has 0 unspecified atom stereocenters. The maximum Gasteiger partial charge on any atom is 0.286 e. The van der Waals surface area contributed by atoms with Crippen molar-refractivity contribution in [3.8, 4) is 17.1 Å². The number of methoxy groups -OCH3 is 1. The van der Waals surface area contributed by atoms with Crippen LogP contribution < -0.4 is 10.1 Å². The lowest BCUT2D eigenvalue weighted by molar-refractivity contribution is 0.0933. The molecule has 1 N–H and O–H groups in total. The number of carbonyl (C=O) groups excluding carboxylic acids is 1. The van der Waals surface area contributed by atoms with Gasteiger partial charge in [-0.2, -0.15) is 0 Å². The van der Waals surface area contributed by atoms with Gasteiger partial charge in [-0.1, -0.05) is 0 Å². The third kappa shape index (κ3) is 2.87. The Balaban J connectivity index is 1.67. The molecule has 134 valence electrons. The van der Waals surface area contributed by atoms with E-state index in [1.165, 1.54) is 17.5 Å². The summed E-state index contributed by atoms with van der Waals surface area (Å²) in [6.07, 6.45) is 7.07. The quantitative estimate of drug-likeness (QED) is 0.767. The van der Waals surface area contributed by atoms with Gasteiger partial charge in [-0.05, 0) is 54.7 Å². The number of rotatable bonds is 5. The van der Waals surface area contributed by atoms with E-state index in [2.05, 4.69) is 22.4 Å². The van der Waals surface area contributed by atoms with Crippen LogP contribution in [0, 0.1) is 0 Å². The van der Waals surface area contributed by atoms with Crippen LogP contribution in [0.4, 0.5) is 0 Å². The number of aryl methyl sites for hydroxylation is 2. The zero-order valence-electron chi connectivity index (χ0n) is 14.9. The molecule has 0 saturated heterocycles. The Morgan fingerprint density at radius 2 is 2.12 bits per heavy atom. The highest BCUT2D eigenvalue weighted by atomic mass is 16.5. The minimum Gasteiger partial charge on any atom is -0.496 e. The highest BCUT2D eigenvalue weighted by Gasteiger charge is 2.19. The molecule has 0 radical (unpaired) electrons. The summed E-state index contributed by atoms with van der Waals surface area (Å²) in [4.78, 5) is 16.2. The van der Waals surface area contributed by atoms with Crippen molar-refractivity contribution in [3.05, 3.63) is 59.3 Å². The van der Waals surface area contributed by atoms with E-state index in [4.69, 9.17) is 9.15 Å². The Morgan fingerprint density at radius 1 is 1.31 bits per heavy atom. The summed E-state index contributed by atoms with van der Waals surface area (Å²) in [7, 11) is 3.27. The van der Waals surface area contributed by atoms with Crippen molar-refractivity contribution >= 4 is 5.91 Å². The van der Waals surface area contributed by atoms with Crippen LogP contribution in [0.25, 0.3) is 11.4 Å². The van der Waals surface area contributed by atoms with Crippen LogP contribution in [-0.4, -0.2) is 29.6 Å². The van der Waals surface area contributed by atoms with Gasteiger partial charge in [-0.15, -0.1) is 0 Å². The summed E-state index contributed by atoms with van der Waals surface area (Å²) in [5, 5.41) is 2.56. The van der Waals surface area contributed by atoms with E-state index in [9.17, 15) is 4.79 Å². The highest BCUT2D eigenvalue weighted by molar-refractivity contribution is 5.91. The predicted molar refractivity (Wildman–Crippen MR) is 97.4 cm³/mol. The van der Waals surface area contributed by atoms with E-state index < -0.39 is 0 Å². The lowest BCUT2D eigenvalue weighted by Crippen LogP contribution is -2.16. The number of aromatic nitrogens is 2. The summed E-state index contributed by atoms with van der Waals surface area (Å²) < 4.78 is 13.3. The highest BCUT2D eigenvalue weighted by Crippen LogP contribution is 2.35. The van der Waals surface area contributed by atoms with Gasteiger partial charge in [0.15, 0.2) is 5.76 Å². The standard InChI is InChI=1S/C20H21N3O3/c1-21-20(24)17-7-6-15(26-17)12-23-9-8-22-19(23)16-10-13-4-3-5-14(13)11-18(16)25-2/h6-11H,3-5,12H2,1-2H3,(H,21,24). The van der Waals surface area contributed by atoms with Gasteiger partial charge in [0.05, 0.1) is 19.2 Å². The van der Waals surface area contributed by atoms with Crippen molar-refractivity contribution in [2.45, 2.75) is 25.8 Å². The fraction of sp³-hybridized carbons (Fsp3) is 0.300. The van der Waals surface area contributed by atoms with Gasteiger partial charge in [-0.25, -0.2) is 4.98 Å². The van der Waals surface area contributed by atoms with Crippen LogP contribution in [0.1, 0.15) is 33.9 Å². The minimum absolute atomic E-state index is 0.234. The van der Waals surface area contributed by atoms with E-state index in [0.717, 1.165) is 30.0 Å². The zero-order chi connectivity index (χ0) is 18.1. The van der Waals surface area contributed by atoms with Gasteiger partial charge in [0.2, 0.25) is 0 Å². The van der Waals surface area contributed by atoms with Crippen LogP contribution in [0.15, 0.2) is 41.1 Å². The number of furan rings is 1. The van der Waals surface area contributed by atoms with Gasteiger partial charge < -0.3 is 19.0 Å². The number of imidazole rings is 1. The molecule has 3 aromatic rings. The summed E-state index contributed by atoms with van der Waals surface area (Å²) in [6.45, 7) is 0.493. The third-order valence-electron chi connectivity index (χ3n) is 4.81. The molecule has 1 amide bonds. The van der Waals surface area contributed by atoms with Crippen molar-refractivity contribution in [3.63, 3.8) is 0 Å². The summed E-state index contributed by atoms with van der Waals surface area (Å²) in [6, 6.07) is 7.82. The number of nitrogens with one attached hydrogen (secondary N) is 1. The van der Waals surface area contributed by atoms with Gasteiger partial charge in [0.25, 0.3) is 5.91 Å². The van der Waals surface area contributed by atoms with E-state index in [1.54, 1.807) is 26.4 Å². The maximum absolute atomic E-state index is 11.7. The van der Waals surface area contributed by atoms with Crippen molar-refractivity contribution < 1.29 is 13.9 Å². The second-order valence-electron chi connectivity index (χ2n) is 6.40. The van der Waals surface area contributed by atoms with Crippen molar-refractivity contribution in [1.82, 2.24) is 14.9 Å². The minimum atomic E-state index is -0.234. The molecule has 0 fully saturated rings. The van der Waals surface area contributed by atoms with Crippen LogP contribution in [0.3, 0.4) is 0 Å². The number of hydrogen-bond acceptors (Lipinski definition) is 4. The second-order valence-corrected chi connectivity index (χ2v) is 6.40. The summed E-state index contributed by atoms with van der Waals surface area (Å²) in [5.74, 6) is 2.43. The lowest BCUT2D eigenvalue weighted by Gasteiger charge is -2.13. The molecule has 6 heteroatoms. The Labute approximate surface area is 151 Å². The largest absolute Gasteiger partial charge is 0.496 e. The van der Waals surface area contributed by atoms with Gasteiger partial charge in [0, 0.05) is 19.4 Å². The SMILES string of the molecule is CNC(=O)c1ccc(Cn2ccnc2-c2cc3c(cc2OC)CCC3)o1. The van der Waals surface area contributed by atoms with Crippen molar-refractivity contribution in [2.75, 3.05) is 14.2 Å². The number of nitrogens with zero attached hydrogens (tertiary/aromatic N) is 2. The van der Waals surface area contributed by atoms with E-state index in [0.29, 0.717) is 18.1 Å². The molecule has 0 spiro atoms. The molecule has 4 rings (SSSR count). The van der Waals surface area contributed by atoms with E-state index >= 15 is 0 Å². The number of fused-ring (bicyclic) bond motifs is 1. The normalized spacial score (nSPS) is 12.8. The molecule has 6 nitrogen and oxygen atoms in total. The molecule has 0 aliphatic heterocycles. The van der Waals surface area contributed by atoms with Crippen molar-refractivity contribution in [2.24, 2.45) is 0 Å². The topological polar surface area (TPSA) is 69.3 Å². The number of carbonyl (C=O) groups is 1. The third-order valence-corrected chi connectivity index (χ3v) is 4.81. The van der Waals surface area contributed by atoms with Gasteiger partial charge >= 0.3 is 0 Å². The Hall–Kier alpha value is -3.02. The molecule has 0 atom stereocenters. The fourth-order valence-electron chi connectivity index (χ4n) is 3.50. The number of benzene rings is 1. The molecule has 2 heterocycles. The monoisotopic (exact) mass is 351 g/mol. The second kappa shape index (κ2) is 6.71. The molecule has 1 aliphatic carbocycles. The molecule has 1 aromatic carbocycles. The summed E-state index contributed by atoms with van der Waals surface area (Å²) >= 11 is 0. The van der Waals surface area contributed by atoms with Crippen LogP contribution in [0.2, 0.25) is 0 Å². The Morgan fingerprint density at radius 3 is 2.88 bits per heavy atom. The first kappa shape index (κ1) is 16.4. The van der Waals surface area contributed by atoms with Gasteiger partial charge in [-0.3, -0.25) is 4.79 Å². The average Bonchev–Trinajstić information content (AvgIpc) is 3.40. The number of amides is 1. The molecule has 0 bridgehead atoms. The average molecular weight is 351 g/mol. The van der Waals surface area contributed by atoms with Gasteiger partial charge in [0.1, 0.15) is 17.3 Å². The molecule has 2 aromatic heterocycles. The maximum atomic E-state index is 11.7. The lowest BCUT2D eigenvalue weighted by atomic mass is 10.0. The number of ether oxygens (including phenoxy) is 1. The van der Waals surface area contributed by atoms with Crippen LogP contribution >= 0.6 is 0 Å². The van der Waals surface area contributed by atoms with E-state index in [-0.39, 0.29) is 5.91 Å².